The summed E-state index contributed by atoms with van der Waals surface area (Å²) in [4.78, 5) is 26.5. The number of ether oxygens (including phenoxy) is 1. The van der Waals surface area contributed by atoms with Crippen LogP contribution in [-0.4, -0.2) is 43.5 Å². The van der Waals surface area contributed by atoms with Crippen LogP contribution in [0, 0.1) is 5.92 Å². The van der Waals surface area contributed by atoms with Crippen LogP contribution in [0.15, 0.2) is 24.3 Å². The van der Waals surface area contributed by atoms with Crippen molar-refractivity contribution >= 4 is 17.5 Å². The van der Waals surface area contributed by atoms with Crippen LogP contribution < -0.4 is 5.32 Å². The fourth-order valence-corrected chi connectivity index (χ4v) is 3.36. The van der Waals surface area contributed by atoms with Gasteiger partial charge in [0.2, 0.25) is 5.91 Å². The standard InChI is InChI=1S/C20H30N2O3/c1-3-7-19(23)21-18-11-4-10-17(14-18)20(24)22-12-5-8-16(15-22)9-6-13-25-2/h4,10-11,14,16H,3,5-9,12-13,15H2,1-2H3,(H,21,23)/t16-/m1/s1. The summed E-state index contributed by atoms with van der Waals surface area (Å²) in [5.41, 5.74) is 1.34. The predicted molar refractivity (Wildman–Crippen MR) is 99.7 cm³/mol. The highest BCUT2D eigenvalue weighted by molar-refractivity contribution is 5.97. The Morgan fingerprint density at radius 3 is 2.96 bits per heavy atom. The Morgan fingerprint density at radius 2 is 2.20 bits per heavy atom. The minimum absolute atomic E-state index is 0.0109. The molecule has 0 spiro atoms. The average molecular weight is 346 g/mol. The summed E-state index contributed by atoms with van der Waals surface area (Å²) in [5.74, 6) is 0.603. The molecule has 0 bridgehead atoms. The lowest BCUT2D eigenvalue weighted by atomic mass is 9.93. The van der Waals surface area contributed by atoms with Crippen LogP contribution in [0.4, 0.5) is 5.69 Å². The van der Waals surface area contributed by atoms with Gasteiger partial charge in [-0.25, -0.2) is 0 Å². The smallest absolute Gasteiger partial charge is 0.253 e. The van der Waals surface area contributed by atoms with Gasteiger partial charge >= 0.3 is 0 Å². The molecule has 1 fully saturated rings. The lowest BCUT2D eigenvalue weighted by Gasteiger charge is -2.33. The zero-order valence-corrected chi connectivity index (χ0v) is 15.4. The quantitative estimate of drug-likeness (QED) is 0.730. The Hall–Kier alpha value is -1.88. The van der Waals surface area contributed by atoms with Gasteiger partial charge in [0, 0.05) is 44.5 Å². The number of nitrogens with one attached hydrogen (secondary N) is 1. The molecule has 0 saturated carbocycles. The van der Waals surface area contributed by atoms with Crippen molar-refractivity contribution in [3.63, 3.8) is 0 Å². The molecule has 0 radical (unpaired) electrons. The maximum Gasteiger partial charge on any atom is 0.253 e. The summed E-state index contributed by atoms with van der Waals surface area (Å²) in [6, 6.07) is 7.26. The van der Waals surface area contributed by atoms with E-state index in [-0.39, 0.29) is 11.8 Å². The third-order valence-corrected chi connectivity index (χ3v) is 4.64. The van der Waals surface area contributed by atoms with Gasteiger partial charge in [0.25, 0.3) is 5.91 Å². The minimum atomic E-state index is -0.0109. The summed E-state index contributed by atoms with van der Waals surface area (Å²) < 4.78 is 5.12. The van der Waals surface area contributed by atoms with Crippen molar-refractivity contribution in [1.29, 1.82) is 0 Å². The van der Waals surface area contributed by atoms with E-state index in [4.69, 9.17) is 4.74 Å². The van der Waals surface area contributed by atoms with Crippen LogP contribution in [0.25, 0.3) is 0 Å². The summed E-state index contributed by atoms with van der Waals surface area (Å²) >= 11 is 0. The van der Waals surface area contributed by atoms with E-state index in [1.54, 1.807) is 13.2 Å². The molecule has 1 heterocycles. The number of likely N-dealkylation sites (tertiary alicyclic amines) is 1. The molecule has 1 aromatic rings. The third-order valence-electron chi connectivity index (χ3n) is 4.64. The second-order valence-corrected chi connectivity index (χ2v) is 6.77. The highest BCUT2D eigenvalue weighted by Gasteiger charge is 2.24. The van der Waals surface area contributed by atoms with E-state index in [0.29, 0.717) is 23.6 Å². The average Bonchev–Trinajstić information content (AvgIpc) is 2.62. The van der Waals surface area contributed by atoms with Crippen molar-refractivity contribution < 1.29 is 14.3 Å². The zero-order valence-electron chi connectivity index (χ0n) is 15.4. The van der Waals surface area contributed by atoms with E-state index >= 15 is 0 Å². The summed E-state index contributed by atoms with van der Waals surface area (Å²) in [7, 11) is 1.73. The van der Waals surface area contributed by atoms with E-state index in [9.17, 15) is 9.59 Å². The Labute approximate surface area is 150 Å². The SMILES string of the molecule is CCCC(=O)Nc1cccc(C(=O)N2CCC[C@H](CCCOC)C2)c1. The number of carbonyl (C=O) groups excluding carboxylic acids is 2. The molecule has 0 unspecified atom stereocenters. The molecule has 5 heteroatoms. The molecule has 0 aromatic heterocycles. The number of methoxy groups -OCH3 is 1. The maximum absolute atomic E-state index is 12.8. The first-order valence-electron chi connectivity index (χ1n) is 9.32. The van der Waals surface area contributed by atoms with E-state index in [2.05, 4.69) is 5.32 Å². The van der Waals surface area contributed by atoms with Gasteiger partial charge in [-0.3, -0.25) is 9.59 Å². The molecule has 2 amide bonds. The zero-order chi connectivity index (χ0) is 18.1. The number of carbonyl (C=O) groups is 2. The molecule has 25 heavy (non-hydrogen) atoms. The maximum atomic E-state index is 12.8. The van der Waals surface area contributed by atoms with Crippen molar-refractivity contribution in [2.75, 3.05) is 32.1 Å². The lowest BCUT2D eigenvalue weighted by Crippen LogP contribution is -2.40. The number of hydrogen-bond acceptors (Lipinski definition) is 3. The Kier molecular flexibility index (Phi) is 7.92. The van der Waals surface area contributed by atoms with Crippen molar-refractivity contribution in [1.82, 2.24) is 4.90 Å². The fourth-order valence-electron chi connectivity index (χ4n) is 3.36. The number of amides is 2. The first kappa shape index (κ1) is 19.4. The monoisotopic (exact) mass is 346 g/mol. The number of hydrogen-bond donors (Lipinski definition) is 1. The number of benzene rings is 1. The molecule has 1 aliphatic rings. The van der Waals surface area contributed by atoms with Crippen LogP contribution in [0.1, 0.15) is 55.8 Å². The van der Waals surface area contributed by atoms with Gasteiger partial charge in [0.1, 0.15) is 0 Å². The Balaban J connectivity index is 1.96. The molecule has 1 aliphatic heterocycles. The number of rotatable bonds is 8. The third kappa shape index (κ3) is 6.16. The second-order valence-electron chi connectivity index (χ2n) is 6.77. The highest BCUT2D eigenvalue weighted by atomic mass is 16.5. The summed E-state index contributed by atoms with van der Waals surface area (Å²) in [5, 5.41) is 2.86. The van der Waals surface area contributed by atoms with Crippen LogP contribution >= 0.6 is 0 Å². The molecule has 138 valence electrons. The molecular weight excluding hydrogens is 316 g/mol. The number of piperidine rings is 1. The number of nitrogens with zero attached hydrogens (tertiary/aromatic N) is 1. The minimum Gasteiger partial charge on any atom is -0.385 e. The molecular formula is C20H30N2O3. The highest BCUT2D eigenvalue weighted by Crippen LogP contribution is 2.23. The Bertz CT molecular complexity index is 574. The first-order chi connectivity index (χ1) is 12.1. The van der Waals surface area contributed by atoms with Crippen molar-refractivity contribution in [3.8, 4) is 0 Å². The lowest BCUT2D eigenvalue weighted by molar-refractivity contribution is -0.116. The van der Waals surface area contributed by atoms with Gasteiger partial charge in [0.15, 0.2) is 0 Å². The fraction of sp³-hybridized carbons (Fsp3) is 0.600. The van der Waals surface area contributed by atoms with E-state index in [1.165, 1.54) is 6.42 Å². The molecule has 1 aromatic carbocycles. The van der Waals surface area contributed by atoms with Crippen LogP contribution in [0.5, 0.6) is 0 Å². The van der Waals surface area contributed by atoms with Gasteiger partial charge in [-0.1, -0.05) is 13.0 Å². The van der Waals surface area contributed by atoms with Crippen molar-refractivity contribution in [2.45, 2.75) is 45.4 Å². The Morgan fingerprint density at radius 1 is 1.36 bits per heavy atom. The van der Waals surface area contributed by atoms with Crippen molar-refractivity contribution in [3.05, 3.63) is 29.8 Å². The van der Waals surface area contributed by atoms with E-state index < -0.39 is 0 Å². The van der Waals surface area contributed by atoms with Crippen LogP contribution in [0.2, 0.25) is 0 Å². The van der Waals surface area contributed by atoms with E-state index in [0.717, 1.165) is 45.4 Å². The number of anilines is 1. The molecule has 0 aliphatic carbocycles. The summed E-state index contributed by atoms with van der Waals surface area (Å²) in [6.07, 6.45) is 5.68. The normalized spacial score (nSPS) is 17.4. The predicted octanol–water partition coefficient (Wildman–Crippen LogP) is 3.70. The topological polar surface area (TPSA) is 58.6 Å². The largest absolute Gasteiger partial charge is 0.385 e. The van der Waals surface area contributed by atoms with Gasteiger partial charge in [-0.15, -0.1) is 0 Å². The molecule has 1 atom stereocenters. The first-order valence-corrected chi connectivity index (χ1v) is 9.32. The van der Waals surface area contributed by atoms with Gasteiger partial charge < -0.3 is 15.0 Å². The van der Waals surface area contributed by atoms with Gasteiger partial charge in [-0.2, -0.15) is 0 Å². The van der Waals surface area contributed by atoms with Crippen LogP contribution in [0.3, 0.4) is 0 Å². The van der Waals surface area contributed by atoms with Crippen LogP contribution in [-0.2, 0) is 9.53 Å². The molecule has 1 N–H and O–H groups in total. The summed E-state index contributed by atoms with van der Waals surface area (Å²) in [6.45, 7) is 4.38. The molecule has 2 rings (SSSR count). The molecule has 5 nitrogen and oxygen atoms in total. The molecule has 1 saturated heterocycles. The van der Waals surface area contributed by atoms with Crippen molar-refractivity contribution in [2.24, 2.45) is 5.92 Å². The van der Waals surface area contributed by atoms with Gasteiger partial charge in [-0.05, 0) is 56.2 Å². The van der Waals surface area contributed by atoms with Gasteiger partial charge in [0.05, 0.1) is 0 Å². The van der Waals surface area contributed by atoms with E-state index in [1.807, 2.05) is 30.0 Å². The second kappa shape index (κ2) is 10.2.